The number of rotatable bonds is 5. The molecule has 2 rings (SSSR count). The van der Waals surface area contributed by atoms with Gasteiger partial charge in [-0.1, -0.05) is 30.3 Å². The first kappa shape index (κ1) is 13.5. The summed E-state index contributed by atoms with van der Waals surface area (Å²) in [6.07, 6.45) is 2.25. The van der Waals surface area contributed by atoms with Crippen molar-refractivity contribution < 1.29 is 9.84 Å². The second kappa shape index (κ2) is 6.32. The predicted octanol–water partition coefficient (Wildman–Crippen LogP) is 1.91. The van der Waals surface area contributed by atoms with E-state index in [2.05, 4.69) is 5.32 Å². The van der Waals surface area contributed by atoms with Crippen LogP contribution in [-0.4, -0.2) is 31.4 Å². The van der Waals surface area contributed by atoms with Crippen molar-refractivity contribution in [2.75, 3.05) is 26.3 Å². The smallest absolute Gasteiger partial charge is 0.0992 e. The minimum absolute atomic E-state index is 0.592. The van der Waals surface area contributed by atoms with Gasteiger partial charge < -0.3 is 15.2 Å². The van der Waals surface area contributed by atoms with E-state index in [1.807, 2.05) is 37.3 Å². The van der Waals surface area contributed by atoms with Crippen molar-refractivity contribution in [1.29, 1.82) is 0 Å². The van der Waals surface area contributed by atoms with Gasteiger partial charge in [-0.2, -0.15) is 0 Å². The highest BCUT2D eigenvalue weighted by atomic mass is 16.5. The lowest BCUT2D eigenvalue weighted by Crippen LogP contribution is -2.38. The average molecular weight is 249 g/mol. The van der Waals surface area contributed by atoms with Crippen LogP contribution in [0.3, 0.4) is 0 Å². The molecule has 3 nitrogen and oxygen atoms in total. The molecule has 1 atom stereocenters. The maximum Gasteiger partial charge on any atom is 0.0992 e. The van der Waals surface area contributed by atoms with Crippen LogP contribution in [0, 0.1) is 5.92 Å². The zero-order valence-electron chi connectivity index (χ0n) is 11.1. The summed E-state index contributed by atoms with van der Waals surface area (Å²) in [7, 11) is 0. The Morgan fingerprint density at radius 3 is 2.61 bits per heavy atom. The highest BCUT2D eigenvalue weighted by Gasteiger charge is 2.23. The Morgan fingerprint density at radius 2 is 1.94 bits per heavy atom. The lowest BCUT2D eigenvalue weighted by atomic mass is 9.95. The first-order chi connectivity index (χ1) is 8.68. The van der Waals surface area contributed by atoms with Crippen molar-refractivity contribution in [3.63, 3.8) is 0 Å². The summed E-state index contributed by atoms with van der Waals surface area (Å²) < 4.78 is 5.34. The molecule has 3 heteroatoms. The summed E-state index contributed by atoms with van der Waals surface area (Å²) in [5.74, 6) is 0.685. The van der Waals surface area contributed by atoms with E-state index in [1.165, 1.54) is 0 Å². The van der Waals surface area contributed by atoms with Crippen LogP contribution in [-0.2, 0) is 10.3 Å². The molecular formula is C15H23NO2. The molecule has 1 fully saturated rings. The van der Waals surface area contributed by atoms with Gasteiger partial charge in [-0.15, -0.1) is 0 Å². The highest BCUT2D eigenvalue weighted by molar-refractivity contribution is 5.21. The third-order valence-electron chi connectivity index (χ3n) is 3.64. The lowest BCUT2D eigenvalue weighted by Gasteiger charge is -2.27. The van der Waals surface area contributed by atoms with Crippen molar-refractivity contribution >= 4 is 0 Å². The van der Waals surface area contributed by atoms with E-state index < -0.39 is 5.60 Å². The number of aliphatic hydroxyl groups is 1. The van der Waals surface area contributed by atoms with Crippen molar-refractivity contribution in [2.45, 2.75) is 25.4 Å². The summed E-state index contributed by atoms with van der Waals surface area (Å²) >= 11 is 0. The Labute approximate surface area is 109 Å². The Morgan fingerprint density at radius 1 is 1.28 bits per heavy atom. The minimum Gasteiger partial charge on any atom is -0.384 e. The number of benzene rings is 1. The topological polar surface area (TPSA) is 41.5 Å². The van der Waals surface area contributed by atoms with E-state index in [-0.39, 0.29) is 0 Å². The van der Waals surface area contributed by atoms with Crippen LogP contribution in [0.2, 0.25) is 0 Å². The molecule has 1 aliphatic heterocycles. The Hall–Kier alpha value is -0.900. The van der Waals surface area contributed by atoms with E-state index in [0.717, 1.165) is 38.2 Å². The number of hydrogen-bond donors (Lipinski definition) is 2. The molecule has 1 aromatic carbocycles. The molecule has 0 aliphatic carbocycles. The van der Waals surface area contributed by atoms with Gasteiger partial charge in [0.1, 0.15) is 0 Å². The summed E-state index contributed by atoms with van der Waals surface area (Å²) in [5.41, 5.74) is 0.163. The van der Waals surface area contributed by atoms with Gasteiger partial charge in [-0.05, 0) is 37.8 Å². The molecule has 0 radical (unpaired) electrons. The second-order valence-corrected chi connectivity index (χ2v) is 5.33. The highest BCUT2D eigenvalue weighted by Crippen LogP contribution is 2.19. The van der Waals surface area contributed by atoms with Gasteiger partial charge in [0.15, 0.2) is 0 Å². The predicted molar refractivity (Wildman–Crippen MR) is 72.4 cm³/mol. The van der Waals surface area contributed by atoms with Gasteiger partial charge in [0, 0.05) is 19.8 Å². The van der Waals surface area contributed by atoms with Crippen molar-refractivity contribution in [2.24, 2.45) is 5.92 Å². The molecule has 0 spiro atoms. The molecule has 1 heterocycles. The van der Waals surface area contributed by atoms with Crippen LogP contribution in [0.5, 0.6) is 0 Å². The van der Waals surface area contributed by atoms with Gasteiger partial charge in [0.05, 0.1) is 5.60 Å². The average Bonchev–Trinajstić information content (AvgIpc) is 2.41. The lowest BCUT2D eigenvalue weighted by molar-refractivity contribution is 0.0465. The fourth-order valence-corrected chi connectivity index (χ4v) is 2.37. The van der Waals surface area contributed by atoms with Crippen LogP contribution in [0.15, 0.2) is 30.3 Å². The molecule has 1 unspecified atom stereocenters. The van der Waals surface area contributed by atoms with Gasteiger partial charge in [0.25, 0.3) is 0 Å². The molecule has 100 valence electrons. The van der Waals surface area contributed by atoms with Crippen LogP contribution < -0.4 is 5.32 Å². The van der Waals surface area contributed by atoms with Gasteiger partial charge in [-0.25, -0.2) is 0 Å². The number of hydrogen-bond acceptors (Lipinski definition) is 3. The Balaban J connectivity index is 1.78. The van der Waals surface area contributed by atoms with Crippen LogP contribution in [0.1, 0.15) is 25.3 Å². The molecule has 1 aliphatic rings. The quantitative estimate of drug-likeness (QED) is 0.837. The third kappa shape index (κ3) is 3.80. The summed E-state index contributed by atoms with van der Waals surface area (Å²) in [4.78, 5) is 0. The Bertz CT molecular complexity index is 345. The molecule has 0 aromatic heterocycles. The van der Waals surface area contributed by atoms with E-state index in [9.17, 15) is 5.11 Å². The normalized spacial score (nSPS) is 20.6. The zero-order valence-corrected chi connectivity index (χ0v) is 11.1. The molecule has 0 saturated carbocycles. The van der Waals surface area contributed by atoms with E-state index >= 15 is 0 Å². The molecule has 1 aromatic rings. The number of nitrogens with one attached hydrogen (secondary N) is 1. The maximum atomic E-state index is 10.4. The van der Waals surface area contributed by atoms with Crippen LogP contribution in [0.25, 0.3) is 0 Å². The third-order valence-corrected chi connectivity index (χ3v) is 3.64. The monoisotopic (exact) mass is 249 g/mol. The first-order valence-electron chi connectivity index (χ1n) is 6.75. The molecule has 1 saturated heterocycles. The SMILES string of the molecule is CC(O)(CNCC1CCOCC1)c1ccccc1. The van der Waals surface area contributed by atoms with Crippen molar-refractivity contribution in [3.05, 3.63) is 35.9 Å². The zero-order chi connectivity index (χ0) is 12.8. The standard InChI is InChI=1S/C15H23NO2/c1-15(17,14-5-3-2-4-6-14)12-16-11-13-7-9-18-10-8-13/h2-6,13,16-17H,7-12H2,1H3. The summed E-state index contributed by atoms with van der Waals surface area (Å²) in [5, 5.41) is 13.8. The van der Waals surface area contributed by atoms with E-state index in [1.54, 1.807) is 0 Å². The largest absolute Gasteiger partial charge is 0.384 e. The van der Waals surface area contributed by atoms with Crippen molar-refractivity contribution in [1.82, 2.24) is 5.32 Å². The Kier molecular flexibility index (Phi) is 4.75. The fraction of sp³-hybridized carbons (Fsp3) is 0.600. The molecule has 0 bridgehead atoms. The molecule has 0 amide bonds. The van der Waals surface area contributed by atoms with Gasteiger partial charge >= 0.3 is 0 Å². The molecular weight excluding hydrogens is 226 g/mol. The van der Waals surface area contributed by atoms with Gasteiger partial charge in [0.2, 0.25) is 0 Å². The fourth-order valence-electron chi connectivity index (χ4n) is 2.37. The summed E-state index contributed by atoms with van der Waals surface area (Å²) in [6.45, 7) is 5.17. The maximum absolute atomic E-state index is 10.4. The van der Waals surface area contributed by atoms with Gasteiger partial charge in [-0.3, -0.25) is 0 Å². The summed E-state index contributed by atoms with van der Waals surface area (Å²) in [6, 6.07) is 9.83. The first-order valence-corrected chi connectivity index (χ1v) is 6.75. The molecule has 2 N–H and O–H groups in total. The van der Waals surface area contributed by atoms with Crippen LogP contribution in [0.4, 0.5) is 0 Å². The van der Waals surface area contributed by atoms with Crippen LogP contribution >= 0.6 is 0 Å². The van der Waals surface area contributed by atoms with E-state index in [0.29, 0.717) is 12.5 Å². The molecule has 18 heavy (non-hydrogen) atoms. The number of ether oxygens (including phenoxy) is 1. The van der Waals surface area contributed by atoms with E-state index in [4.69, 9.17) is 4.74 Å². The second-order valence-electron chi connectivity index (χ2n) is 5.33. The minimum atomic E-state index is -0.799. The van der Waals surface area contributed by atoms with Crippen molar-refractivity contribution in [3.8, 4) is 0 Å².